The van der Waals surface area contributed by atoms with Gasteiger partial charge in [-0.2, -0.15) is 0 Å². The summed E-state index contributed by atoms with van der Waals surface area (Å²) >= 11 is 0. The second-order valence-electron chi connectivity index (χ2n) is 4.62. The topological polar surface area (TPSA) is 55.5 Å². The van der Waals surface area contributed by atoms with Crippen LogP contribution >= 0.6 is 0 Å². The average molecular weight is 239 g/mol. The van der Waals surface area contributed by atoms with E-state index in [2.05, 4.69) is 0 Å². The molecule has 0 saturated heterocycles. The molecule has 2 rings (SSSR count). The van der Waals surface area contributed by atoms with E-state index in [9.17, 15) is 9.50 Å². The van der Waals surface area contributed by atoms with Gasteiger partial charge >= 0.3 is 0 Å². The lowest BCUT2D eigenvalue weighted by molar-refractivity contribution is 0.0253. The van der Waals surface area contributed by atoms with E-state index in [-0.39, 0.29) is 24.4 Å². The molecule has 1 aliphatic carbocycles. The largest absolute Gasteiger partial charge is 0.396 e. The minimum atomic E-state index is -0.833. The lowest BCUT2D eigenvalue weighted by Gasteiger charge is -2.33. The molecule has 94 valence electrons. The summed E-state index contributed by atoms with van der Waals surface area (Å²) in [6, 6.07) is 6.50. The number of aliphatic hydroxyl groups excluding tert-OH is 1. The van der Waals surface area contributed by atoms with Crippen LogP contribution in [0.2, 0.25) is 0 Å². The molecule has 0 radical (unpaired) electrons. The van der Waals surface area contributed by atoms with Crippen molar-refractivity contribution in [1.82, 2.24) is 0 Å². The van der Waals surface area contributed by atoms with E-state index in [4.69, 9.17) is 10.5 Å². The molecule has 0 bridgehead atoms. The van der Waals surface area contributed by atoms with Crippen LogP contribution in [0.3, 0.4) is 0 Å². The Labute approximate surface area is 100 Å². The Hall–Kier alpha value is -0.970. The standard InChI is InChI=1S/C13H18FNO2/c1-17-12-6-7-13(15,10(12)8-16)9-4-2-3-5-11(9)14/h2-5,10,12,16H,6-8,15H2,1H3. The van der Waals surface area contributed by atoms with E-state index >= 15 is 0 Å². The number of nitrogens with two attached hydrogens (primary N) is 1. The van der Waals surface area contributed by atoms with Gasteiger partial charge in [-0.3, -0.25) is 0 Å². The zero-order valence-electron chi connectivity index (χ0n) is 9.90. The molecule has 0 heterocycles. The second kappa shape index (κ2) is 4.72. The van der Waals surface area contributed by atoms with Crippen LogP contribution in [0.15, 0.2) is 24.3 Å². The molecule has 4 heteroatoms. The highest BCUT2D eigenvalue weighted by molar-refractivity contribution is 5.29. The number of aliphatic hydroxyl groups is 1. The molecule has 1 saturated carbocycles. The minimum Gasteiger partial charge on any atom is -0.396 e. The summed E-state index contributed by atoms with van der Waals surface area (Å²) in [7, 11) is 1.60. The molecular weight excluding hydrogens is 221 g/mol. The van der Waals surface area contributed by atoms with Crippen LogP contribution in [-0.2, 0) is 10.3 Å². The summed E-state index contributed by atoms with van der Waals surface area (Å²) in [5, 5.41) is 9.47. The molecule has 3 nitrogen and oxygen atoms in total. The molecule has 3 N–H and O–H groups in total. The molecule has 17 heavy (non-hydrogen) atoms. The van der Waals surface area contributed by atoms with E-state index in [1.54, 1.807) is 25.3 Å². The molecule has 1 aromatic rings. The van der Waals surface area contributed by atoms with Crippen molar-refractivity contribution >= 4 is 0 Å². The first-order chi connectivity index (χ1) is 8.13. The number of ether oxygens (including phenoxy) is 1. The number of hydrogen-bond acceptors (Lipinski definition) is 3. The van der Waals surface area contributed by atoms with Crippen LogP contribution in [0.1, 0.15) is 18.4 Å². The highest BCUT2D eigenvalue weighted by atomic mass is 19.1. The van der Waals surface area contributed by atoms with E-state index in [0.717, 1.165) is 6.42 Å². The monoisotopic (exact) mass is 239 g/mol. The highest BCUT2D eigenvalue weighted by Crippen LogP contribution is 2.43. The molecule has 3 unspecified atom stereocenters. The van der Waals surface area contributed by atoms with Crippen LogP contribution in [-0.4, -0.2) is 24.9 Å². The maximum Gasteiger partial charge on any atom is 0.128 e. The van der Waals surface area contributed by atoms with Crippen molar-refractivity contribution in [3.05, 3.63) is 35.6 Å². The SMILES string of the molecule is COC1CCC(N)(c2ccccc2F)C1CO. The van der Waals surface area contributed by atoms with Gasteiger partial charge in [0.2, 0.25) is 0 Å². The van der Waals surface area contributed by atoms with Crippen molar-refractivity contribution in [2.24, 2.45) is 11.7 Å². The van der Waals surface area contributed by atoms with Gasteiger partial charge in [0.25, 0.3) is 0 Å². The number of benzene rings is 1. The van der Waals surface area contributed by atoms with E-state index in [0.29, 0.717) is 12.0 Å². The third kappa shape index (κ3) is 1.97. The van der Waals surface area contributed by atoms with Crippen molar-refractivity contribution < 1.29 is 14.2 Å². The smallest absolute Gasteiger partial charge is 0.128 e. The van der Waals surface area contributed by atoms with Crippen molar-refractivity contribution in [2.75, 3.05) is 13.7 Å². The van der Waals surface area contributed by atoms with Crippen LogP contribution in [0, 0.1) is 11.7 Å². The summed E-state index contributed by atoms with van der Waals surface area (Å²) in [4.78, 5) is 0. The maximum atomic E-state index is 13.8. The Morgan fingerprint density at radius 2 is 2.24 bits per heavy atom. The van der Waals surface area contributed by atoms with Gasteiger partial charge < -0.3 is 15.6 Å². The molecule has 1 fully saturated rings. The van der Waals surface area contributed by atoms with E-state index < -0.39 is 5.54 Å². The van der Waals surface area contributed by atoms with Gasteiger partial charge in [-0.05, 0) is 18.9 Å². The van der Waals surface area contributed by atoms with Gasteiger partial charge in [-0.25, -0.2) is 4.39 Å². The Kier molecular flexibility index (Phi) is 3.47. The van der Waals surface area contributed by atoms with Crippen molar-refractivity contribution in [3.63, 3.8) is 0 Å². The fourth-order valence-electron chi connectivity index (χ4n) is 2.84. The zero-order valence-corrected chi connectivity index (χ0v) is 9.90. The van der Waals surface area contributed by atoms with E-state index in [1.807, 2.05) is 0 Å². The van der Waals surface area contributed by atoms with Gasteiger partial charge in [0, 0.05) is 18.6 Å². The van der Waals surface area contributed by atoms with Crippen molar-refractivity contribution in [3.8, 4) is 0 Å². The molecule has 1 aliphatic rings. The molecular formula is C13H18FNO2. The first kappa shape index (κ1) is 12.5. The number of methoxy groups -OCH3 is 1. The third-order valence-corrected chi connectivity index (χ3v) is 3.83. The lowest BCUT2D eigenvalue weighted by atomic mass is 9.81. The summed E-state index contributed by atoms with van der Waals surface area (Å²) < 4.78 is 19.1. The van der Waals surface area contributed by atoms with E-state index in [1.165, 1.54) is 6.07 Å². The number of rotatable bonds is 3. The summed E-state index contributed by atoms with van der Waals surface area (Å²) in [6.45, 7) is -0.0939. The average Bonchev–Trinajstić information content (AvgIpc) is 2.67. The van der Waals surface area contributed by atoms with Gasteiger partial charge in [-0.15, -0.1) is 0 Å². The zero-order chi connectivity index (χ0) is 12.5. The van der Waals surface area contributed by atoms with Gasteiger partial charge in [0.05, 0.1) is 18.2 Å². The first-order valence-electron chi connectivity index (χ1n) is 5.81. The molecule has 0 aromatic heterocycles. The summed E-state index contributed by atoms with van der Waals surface area (Å²) in [5.41, 5.74) is 5.96. The van der Waals surface area contributed by atoms with Crippen LogP contribution in [0.5, 0.6) is 0 Å². The van der Waals surface area contributed by atoms with Crippen molar-refractivity contribution in [2.45, 2.75) is 24.5 Å². The predicted octanol–water partition coefficient (Wildman–Crippen LogP) is 1.40. The Bertz CT molecular complexity index is 399. The van der Waals surface area contributed by atoms with Crippen LogP contribution < -0.4 is 5.73 Å². The van der Waals surface area contributed by atoms with Crippen LogP contribution in [0.4, 0.5) is 4.39 Å². The van der Waals surface area contributed by atoms with Gasteiger partial charge in [0.1, 0.15) is 5.82 Å². The number of hydrogen-bond donors (Lipinski definition) is 2. The minimum absolute atomic E-state index is 0.0939. The Morgan fingerprint density at radius 1 is 1.53 bits per heavy atom. The van der Waals surface area contributed by atoms with Gasteiger partial charge in [-0.1, -0.05) is 18.2 Å². The second-order valence-corrected chi connectivity index (χ2v) is 4.62. The summed E-state index contributed by atoms with van der Waals surface area (Å²) in [6.07, 6.45) is 1.26. The molecule has 0 aliphatic heterocycles. The summed E-state index contributed by atoms with van der Waals surface area (Å²) in [5.74, 6) is -0.574. The molecule has 3 atom stereocenters. The molecule has 1 aromatic carbocycles. The highest BCUT2D eigenvalue weighted by Gasteiger charge is 2.47. The lowest BCUT2D eigenvalue weighted by Crippen LogP contribution is -2.45. The number of halogens is 1. The Morgan fingerprint density at radius 3 is 2.82 bits per heavy atom. The van der Waals surface area contributed by atoms with Crippen molar-refractivity contribution in [1.29, 1.82) is 0 Å². The fraction of sp³-hybridized carbons (Fsp3) is 0.538. The Balaban J connectivity index is 2.39. The quantitative estimate of drug-likeness (QED) is 0.838. The fourth-order valence-corrected chi connectivity index (χ4v) is 2.84. The molecule has 0 spiro atoms. The molecule has 0 amide bonds. The maximum absolute atomic E-state index is 13.8. The first-order valence-corrected chi connectivity index (χ1v) is 5.81. The van der Waals surface area contributed by atoms with Crippen LogP contribution in [0.25, 0.3) is 0 Å². The normalized spacial score (nSPS) is 32.9. The van der Waals surface area contributed by atoms with Gasteiger partial charge in [0.15, 0.2) is 0 Å². The predicted molar refractivity (Wildman–Crippen MR) is 62.9 cm³/mol. The third-order valence-electron chi connectivity index (χ3n) is 3.83.